The van der Waals surface area contributed by atoms with E-state index in [1.165, 1.54) is 5.56 Å². The Morgan fingerprint density at radius 2 is 1.59 bits per heavy atom. The first-order valence-electron chi connectivity index (χ1n) is 7.77. The van der Waals surface area contributed by atoms with E-state index in [0.717, 1.165) is 37.4 Å². The molecule has 112 valence electrons. The van der Waals surface area contributed by atoms with Crippen LogP contribution in [-0.4, -0.2) is 24.5 Å². The van der Waals surface area contributed by atoms with Crippen LogP contribution in [0.4, 0.5) is 0 Å². The molecule has 2 aromatic rings. The van der Waals surface area contributed by atoms with Gasteiger partial charge in [0, 0.05) is 0 Å². The molecule has 3 heteroatoms. The second-order valence-corrected chi connectivity index (χ2v) is 5.69. The number of piperidine rings is 1. The average molecular weight is 292 g/mol. The van der Waals surface area contributed by atoms with Crippen molar-refractivity contribution in [2.24, 2.45) is 0 Å². The number of nitriles is 1. The second-order valence-electron chi connectivity index (χ2n) is 5.69. The van der Waals surface area contributed by atoms with E-state index in [0.29, 0.717) is 12.5 Å². The fraction of sp³-hybridized carbons (Fsp3) is 0.316. The average Bonchev–Trinajstić information content (AvgIpc) is 2.58. The smallest absolute Gasteiger partial charge is 0.127 e. The van der Waals surface area contributed by atoms with Gasteiger partial charge in [0.05, 0.1) is 12.6 Å². The van der Waals surface area contributed by atoms with Crippen LogP contribution in [0.2, 0.25) is 0 Å². The van der Waals surface area contributed by atoms with E-state index >= 15 is 0 Å². The number of ether oxygens (including phenoxy) is 1. The molecule has 3 nitrogen and oxygen atoms in total. The van der Waals surface area contributed by atoms with E-state index in [-0.39, 0.29) is 0 Å². The summed E-state index contributed by atoms with van der Waals surface area (Å²) >= 11 is 0. The third-order valence-electron chi connectivity index (χ3n) is 4.21. The van der Waals surface area contributed by atoms with Crippen molar-refractivity contribution in [2.75, 3.05) is 19.6 Å². The van der Waals surface area contributed by atoms with Crippen molar-refractivity contribution >= 4 is 0 Å². The molecule has 0 unspecified atom stereocenters. The first-order chi connectivity index (χ1) is 10.8. The highest BCUT2D eigenvalue weighted by Crippen LogP contribution is 2.30. The fourth-order valence-electron chi connectivity index (χ4n) is 2.96. The number of nitrogens with zero attached hydrogens (tertiary/aromatic N) is 2. The van der Waals surface area contributed by atoms with E-state index in [1.54, 1.807) is 0 Å². The van der Waals surface area contributed by atoms with Crippen LogP contribution in [0.5, 0.6) is 11.5 Å². The van der Waals surface area contributed by atoms with E-state index in [1.807, 2.05) is 42.5 Å². The topological polar surface area (TPSA) is 36.3 Å². The summed E-state index contributed by atoms with van der Waals surface area (Å²) in [5.74, 6) is 2.33. The fourth-order valence-corrected chi connectivity index (χ4v) is 2.96. The molecule has 0 bridgehead atoms. The first-order valence-corrected chi connectivity index (χ1v) is 7.77. The van der Waals surface area contributed by atoms with Crippen molar-refractivity contribution < 1.29 is 4.74 Å². The highest BCUT2D eigenvalue weighted by Gasteiger charge is 2.20. The first kappa shape index (κ1) is 14.6. The third-order valence-corrected chi connectivity index (χ3v) is 4.21. The molecule has 1 saturated heterocycles. The Hall–Kier alpha value is -2.31. The molecule has 0 aromatic heterocycles. The van der Waals surface area contributed by atoms with Gasteiger partial charge in [-0.25, -0.2) is 0 Å². The summed E-state index contributed by atoms with van der Waals surface area (Å²) in [4.78, 5) is 2.23. The number of para-hydroxylation sites is 1. The zero-order valence-corrected chi connectivity index (χ0v) is 12.6. The van der Waals surface area contributed by atoms with Crippen molar-refractivity contribution in [2.45, 2.75) is 18.8 Å². The maximum atomic E-state index is 8.75. The number of likely N-dealkylation sites (tertiary alicyclic amines) is 1. The van der Waals surface area contributed by atoms with Gasteiger partial charge < -0.3 is 4.74 Å². The SMILES string of the molecule is N#CCN1CCC(c2ccc(Oc3ccccc3)cc2)CC1. The molecule has 0 radical (unpaired) electrons. The van der Waals surface area contributed by atoms with E-state index in [9.17, 15) is 0 Å². The maximum Gasteiger partial charge on any atom is 0.127 e. The summed E-state index contributed by atoms with van der Waals surface area (Å²) in [6, 6.07) is 20.5. The molecule has 0 atom stereocenters. The van der Waals surface area contributed by atoms with E-state index in [2.05, 4.69) is 23.1 Å². The van der Waals surface area contributed by atoms with Gasteiger partial charge in [0.2, 0.25) is 0 Å². The second kappa shape index (κ2) is 7.11. The lowest BCUT2D eigenvalue weighted by Crippen LogP contribution is -2.33. The Balaban J connectivity index is 1.59. The van der Waals surface area contributed by atoms with E-state index < -0.39 is 0 Å². The molecule has 1 heterocycles. The lowest BCUT2D eigenvalue weighted by atomic mass is 9.89. The highest BCUT2D eigenvalue weighted by atomic mass is 16.5. The number of rotatable bonds is 4. The highest BCUT2D eigenvalue weighted by molar-refractivity contribution is 5.34. The normalized spacial score (nSPS) is 16.1. The third kappa shape index (κ3) is 3.66. The lowest BCUT2D eigenvalue weighted by Gasteiger charge is -2.30. The van der Waals surface area contributed by atoms with Crippen molar-refractivity contribution in [3.05, 3.63) is 60.2 Å². The van der Waals surface area contributed by atoms with Crippen LogP contribution in [0.1, 0.15) is 24.3 Å². The van der Waals surface area contributed by atoms with Crippen LogP contribution in [0.25, 0.3) is 0 Å². The molecule has 0 amide bonds. The van der Waals surface area contributed by atoms with Crippen LogP contribution < -0.4 is 4.74 Å². The summed E-state index contributed by atoms with van der Waals surface area (Å²) in [7, 11) is 0. The molecule has 0 N–H and O–H groups in total. The van der Waals surface area contributed by atoms with Crippen molar-refractivity contribution in [3.63, 3.8) is 0 Å². The summed E-state index contributed by atoms with van der Waals surface area (Å²) < 4.78 is 5.83. The molecule has 0 saturated carbocycles. The Morgan fingerprint density at radius 3 is 2.23 bits per heavy atom. The van der Waals surface area contributed by atoms with Crippen LogP contribution in [0, 0.1) is 11.3 Å². The molecule has 3 rings (SSSR count). The van der Waals surface area contributed by atoms with Gasteiger partial charge in [0.15, 0.2) is 0 Å². The minimum Gasteiger partial charge on any atom is -0.457 e. The number of hydrogen-bond donors (Lipinski definition) is 0. The molecular weight excluding hydrogens is 272 g/mol. The predicted octanol–water partition coefficient (Wildman–Crippen LogP) is 4.18. The molecule has 1 aliphatic heterocycles. The molecular formula is C19H20N2O. The van der Waals surface area contributed by atoms with E-state index in [4.69, 9.17) is 10.00 Å². The van der Waals surface area contributed by atoms with Crippen molar-refractivity contribution in [1.29, 1.82) is 5.26 Å². The largest absolute Gasteiger partial charge is 0.457 e. The molecule has 2 aromatic carbocycles. The molecule has 1 aliphatic rings. The van der Waals surface area contributed by atoms with Gasteiger partial charge in [0.25, 0.3) is 0 Å². The quantitative estimate of drug-likeness (QED) is 0.793. The Bertz CT molecular complexity index is 623. The van der Waals surface area contributed by atoms with Crippen LogP contribution in [0.3, 0.4) is 0 Å². The van der Waals surface area contributed by atoms with Gasteiger partial charge in [0.1, 0.15) is 11.5 Å². The monoisotopic (exact) mass is 292 g/mol. The van der Waals surface area contributed by atoms with Gasteiger partial charge in [-0.2, -0.15) is 5.26 Å². The Morgan fingerprint density at radius 1 is 0.955 bits per heavy atom. The van der Waals surface area contributed by atoms with Crippen LogP contribution in [-0.2, 0) is 0 Å². The molecule has 1 fully saturated rings. The lowest BCUT2D eigenvalue weighted by molar-refractivity contribution is 0.235. The summed E-state index contributed by atoms with van der Waals surface area (Å²) in [6.07, 6.45) is 2.25. The summed E-state index contributed by atoms with van der Waals surface area (Å²) in [6.45, 7) is 2.58. The van der Waals surface area contributed by atoms with Crippen molar-refractivity contribution in [1.82, 2.24) is 4.90 Å². The Kier molecular flexibility index (Phi) is 4.72. The van der Waals surface area contributed by atoms with Gasteiger partial charge >= 0.3 is 0 Å². The number of benzene rings is 2. The summed E-state index contributed by atoms with van der Waals surface area (Å²) in [5, 5.41) is 8.75. The summed E-state index contributed by atoms with van der Waals surface area (Å²) in [5.41, 5.74) is 1.37. The van der Waals surface area contributed by atoms with Gasteiger partial charge in [-0.05, 0) is 61.7 Å². The van der Waals surface area contributed by atoms with Gasteiger partial charge in [-0.3, -0.25) is 4.90 Å². The van der Waals surface area contributed by atoms with Gasteiger partial charge in [-0.1, -0.05) is 30.3 Å². The van der Waals surface area contributed by atoms with Crippen LogP contribution >= 0.6 is 0 Å². The molecule has 0 spiro atoms. The van der Waals surface area contributed by atoms with Gasteiger partial charge in [-0.15, -0.1) is 0 Å². The zero-order chi connectivity index (χ0) is 15.2. The number of hydrogen-bond acceptors (Lipinski definition) is 3. The molecule has 0 aliphatic carbocycles. The zero-order valence-electron chi connectivity index (χ0n) is 12.6. The predicted molar refractivity (Wildman–Crippen MR) is 87.0 cm³/mol. The standard InChI is InChI=1S/C19H20N2O/c20-12-15-21-13-10-17(11-14-21)16-6-8-19(9-7-16)22-18-4-2-1-3-5-18/h1-9,17H,10-11,13-15H2. The minimum absolute atomic E-state index is 0.552. The van der Waals surface area contributed by atoms with Crippen molar-refractivity contribution in [3.8, 4) is 17.6 Å². The minimum atomic E-state index is 0.552. The van der Waals surface area contributed by atoms with Crippen LogP contribution in [0.15, 0.2) is 54.6 Å². The molecule has 22 heavy (non-hydrogen) atoms. The Labute approximate surface area is 131 Å². The maximum absolute atomic E-state index is 8.75.